The van der Waals surface area contributed by atoms with Crippen molar-refractivity contribution in [3.8, 4) is 28.6 Å². The average molecular weight is 427 g/mol. The molecule has 0 saturated heterocycles. The Morgan fingerprint density at radius 1 is 1.07 bits per heavy atom. The molecule has 0 radical (unpaired) electrons. The molecule has 0 aliphatic rings. The van der Waals surface area contributed by atoms with Gasteiger partial charge in [-0.05, 0) is 48.1 Å². The minimum absolute atomic E-state index is 0.0487. The van der Waals surface area contributed by atoms with Gasteiger partial charge in [0.1, 0.15) is 11.5 Å². The van der Waals surface area contributed by atoms with Gasteiger partial charge in [0, 0.05) is 25.3 Å². The molecule has 0 spiro atoms. The molecule has 0 fully saturated rings. The Kier molecular flexibility index (Phi) is 6.61. The normalized spacial score (nSPS) is 11.3. The van der Waals surface area contributed by atoms with Gasteiger partial charge >= 0.3 is 0 Å². The van der Waals surface area contributed by atoms with E-state index in [1.807, 2.05) is 24.5 Å². The first-order valence-corrected chi connectivity index (χ1v) is 10.8. The van der Waals surface area contributed by atoms with Gasteiger partial charge < -0.3 is 15.1 Å². The highest BCUT2D eigenvalue weighted by molar-refractivity contribution is 7.80. The van der Waals surface area contributed by atoms with Crippen LogP contribution in [0.2, 0.25) is 0 Å². The molecule has 3 rings (SSSR count). The third kappa shape index (κ3) is 4.12. The maximum atomic E-state index is 10.6. The van der Waals surface area contributed by atoms with E-state index >= 15 is 0 Å². The number of hydrogen-bond acceptors (Lipinski definition) is 6. The van der Waals surface area contributed by atoms with E-state index in [-0.39, 0.29) is 17.4 Å². The Morgan fingerprint density at radius 2 is 1.80 bits per heavy atom. The zero-order valence-corrected chi connectivity index (χ0v) is 19.1. The summed E-state index contributed by atoms with van der Waals surface area (Å²) in [7, 11) is 2.09. The largest absolute Gasteiger partial charge is 0.508 e. The zero-order chi connectivity index (χ0) is 22.0. The number of rotatable bonds is 7. The van der Waals surface area contributed by atoms with Crippen molar-refractivity contribution in [2.75, 3.05) is 18.5 Å². The van der Waals surface area contributed by atoms with Crippen molar-refractivity contribution in [2.45, 2.75) is 51.6 Å². The molecule has 1 heterocycles. The van der Waals surface area contributed by atoms with Crippen molar-refractivity contribution in [1.29, 1.82) is 0 Å². The molecule has 7 heteroatoms. The fourth-order valence-corrected chi connectivity index (χ4v) is 3.98. The molecule has 6 nitrogen and oxygen atoms in total. The van der Waals surface area contributed by atoms with E-state index in [0.717, 1.165) is 36.3 Å². The van der Waals surface area contributed by atoms with Gasteiger partial charge in [-0.2, -0.15) is 0 Å². The van der Waals surface area contributed by atoms with E-state index in [2.05, 4.69) is 60.8 Å². The molecule has 0 amide bonds. The standard InChI is InChI=1S/C23H30N4O2S/c1-6-10-26(5)19-11-16(9-8-15(19)7-2)27-22(24-25-23(27)30)18-12-17(14(3)4)20(28)13-21(18)29/h8-9,11-14,28-29H,6-7,10H2,1-5H3,(H,25,30). The lowest BCUT2D eigenvalue weighted by Gasteiger charge is -2.23. The summed E-state index contributed by atoms with van der Waals surface area (Å²) in [6.45, 7) is 9.24. The molecule has 1 aromatic heterocycles. The third-order valence-corrected chi connectivity index (χ3v) is 5.62. The molecule has 30 heavy (non-hydrogen) atoms. The molecule has 0 bridgehead atoms. The van der Waals surface area contributed by atoms with Gasteiger partial charge in [-0.3, -0.25) is 4.57 Å². The second kappa shape index (κ2) is 9.00. The van der Waals surface area contributed by atoms with Crippen molar-refractivity contribution < 1.29 is 10.2 Å². The monoisotopic (exact) mass is 426 g/mol. The summed E-state index contributed by atoms with van der Waals surface area (Å²) in [6.07, 6.45) is 1.99. The van der Waals surface area contributed by atoms with Gasteiger partial charge in [-0.15, -0.1) is 22.8 Å². The Labute approximate surface area is 183 Å². The first-order chi connectivity index (χ1) is 14.3. The van der Waals surface area contributed by atoms with E-state index in [1.54, 1.807) is 6.07 Å². The van der Waals surface area contributed by atoms with Crippen molar-refractivity contribution in [2.24, 2.45) is 0 Å². The molecule has 0 saturated carbocycles. The summed E-state index contributed by atoms with van der Waals surface area (Å²) in [4.78, 5) is 2.25. The highest BCUT2D eigenvalue weighted by atomic mass is 32.1. The van der Waals surface area contributed by atoms with Gasteiger partial charge in [0.15, 0.2) is 11.0 Å². The third-order valence-electron chi connectivity index (χ3n) is 5.33. The number of phenols is 2. The van der Waals surface area contributed by atoms with E-state index in [4.69, 9.17) is 0 Å². The zero-order valence-electron chi connectivity index (χ0n) is 18.2. The fourth-order valence-electron chi connectivity index (χ4n) is 3.73. The highest BCUT2D eigenvalue weighted by Gasteiger charge is 2.21. The van der Waals surface area contributed by atoms with Crippen LogP contribution in [-0.4, -0.2) is 38.6 Å². The molecule has 3 aromatic rings. The van der Waals surface area contributed by atoms with Crippen LogP contribution in [0.4, 0.5) is 5.69 Å². The van der Waals surface area contributed by atoms with E-state index in [0.29, 0.717) is 16.5 Å². The van der Waals surface area contributed by atoms with Crippen LogP contribution in [0.3, 0.4) is 0 Å². The Bertz CT molecular complexity index is 1050. The van der Waals surface area contributed by atoms with E-state index < -0.39 is 0 Å². The van der Waals surface area contributed by atoms with Gasteiger partial charge in [-0.1, -0.05) is 33.8 Å². The first-order valence-electron chi connectivity index (χ1n) is 10.3. The van der Waals surface area contributed by atoms with Gasteiger partial charge in [-0.25, -0.2) is 0 Å². The highest BCUT2D eigenvalue weighted by Crippen LogP contribution is 2.39. The quantitative estimate of drug-likeness (QED) is 0.455. The molecule has 2 N–H and O–H groups in total. The molecular formula is C23H30N4O2S. The van der Waals surface area contributed by atoms with Crippen LogP contribution < -0.4 is 4.90 Å². The summed E-state index contributed by atoms with van der Waals surface area (Å²) in [5, 5.41) is 29.6. The molecular weight excluding hydrogens is 396 g/mol. The average Bonchev–Trinajstić information content (AvgIpc) is 3.08. The predicted octanol–water partition coefficient (Wildman–Crippen LogP) is 5.17. The molecule has 2 aromatic carbocycles. The Morgan fingerprint density at radius 3 is 2.43 bits per heavy atom. The van der Waals surface area contributed by atoms with Crippen LogP contribution >= 0.6 is 12.6 Å². The number of aromatic nitrogens is 3. The summed E-state index contributed by atoms with van der Waals surface area (Å²) >= 11 is 4.52. The second-order valence-corrected chi connectivity index (χ2v) is 8.23. The minimum Gasteiger partial charge on any atom is -0.508 e. The Balaban J connectivity index is 2.19. The van der Waals surface area contributed by atoms with Crippen molar-refractivity contribution in [3.63, 3.8) is 0 Å². The van der Waals surface area contributed by atoms with Crippen LogP contribution in [0.1, 0.15) is 51.2 Å². The van der Waals surface area contributed by atoms with Crippen LogP contribution in [0.5, 0.6) is 11.5 Å². The number of benzene rings is 2. The summed E-state index contributed by atoms with van der Waals surface area (Å²) < 4.78 is 1.82. The van der Waals surface area contributed by atoms with Crippen molar-refractivity contribution in [3.05, 3.63) is 41.5 Å². The fraction of sp³-hybridized carbons (Fsp3) is 0.391. The number of nitrogens with zero attached hydrogens (tertiary/aromatic N) is 4. The molecule has 0 aliphatic heterocycles. The van der Waals surface area contributed by atoms with Crippen LogP contribution in [0.25, 0.3) is 17.1 Å². The second-order valence-electron chi connectivity index (χ2n) is 7.83. The van der Waals surface area contributed by atoms with Crippen molar-refractivity contribution in [1.82, 2.24) is 14.8 Å². The smallest absolute Gasteiger partial charge is 0.193 e. The summed E-state index contributed by atoms with van der Waals surface area (Å²) in [5.41, 5.74) is 4.53. The lowest BCUT2D eigenvalue weighted by molar-refractivity contribution is 0.444. The summed E-state index contributed by atoms with van der Waals surface area (Å²) in [5.74, 6) is 0.591. The van der Waals surface area contributed by atoms with Crippen molar-refractivity contribution >= 4 is 18.3 Å². The molecule has 0 aliphatic carbocycles. The SMILES string of the molecule is CCCN(C)c1cc(-n2c(S)nnc2-c2cc(C(C)C)c(O)cc2O)ccc1CC. The van der Waals surface area contributed by atoms with Gasteiger partial charge in [0.05, 0.1) is 11.3 Å². The lowest BCUT2D eigenvalue weighted by atomic mass is 9.98. The Hall–Kier alpha value is -2.67. The number of aryl methyl sites for hydroxylation is 1. The van der Waals surface area contributed by atoms with Crippen LogP contribution in [0, 0.1) is 0 Å². The molecule has 0 atom stereocenters. The van der Waals surface area contributed by atoms with Crippen LogP contribution in [0.15, 0.2) is 35.5 Å². The number of aromatic hydroxyl groups is 2. The number of hydrogen-bond donors (Lipinski definition) is 3. The lowest BCUT2D eigenvalue weighted by Crippen LogP contribution is -2.19. The predicted molar refractivity (Wildman–Crippen MR) is 124 cm³/mol. The van der Waals surface area contributed by atoms with E-state index in [1.165, 1.54) is 11.6 Å². The number of anilines is 1. The van der Waals surface area contributed by atoms with Crippen LogP contribution in [-0.2, 0) is 6.42 Å². The molecule has 0 unspecified atom stereocenters. The maximum absolute atomic E-state index is 10.6. The first kappa shape index (κ1) is 22.0. The molecule has 160 valence electrons. The maximum Gasteiger partial charge on any atom is 0.193 e. The summed E-state index contributed by atoms with van der Waals surface area (Å²) in [6, 6.07) is 9.39. The van der Waals surface area contributed by atoms with Gasteiger partial charge in [0.2, 0.25) is 0 Å². The number of thiol groups is 1. The topological polar surface area (TPSA) is 74.4 Å². The van der Waals surface area contributed by atoms with Gasteiger partial charge in [0.25, 0.3) is 0 Å². The number of phenolic OH excluding ortho intramolecular Hbond substituents is 2. The minimum atomic E-state index is -0.0487. The van der Waals surface area contributed by atoms with E-state index in [9.17, 15) is 10.2 Å².